The van der Waals surface area contributed by atoms with Gasteiger partial charge in [-0.2, -0.15) is 15.2 Å². The van der Waals surface area contributed by atoms with Crippen LogP contribution >= 0.6 is 0 Å². The summed E-state index contributed by atoms with van der Waals surface area (Å²) in [5.41, 5.74) is 0.789. The number of hydrogen-bond donors (Lipinski definition) is 1. The predicted octanol–water partition coefficient (Wildman–Crippen LogP) is 4.84. The Balaban J connectivity index is 1.40. The maximum absolute atomic E-state index is 14.4. The van der Waals surface area contributed by atoms with Crippen molar-refractivity contribution < 1.29 is 18.7 Å². The van der Waals surface area contributed by atoms with Crippen molar-refractivity contribution in [1.29, 1.82) is 5.26 Å². The first-order chi connectivity index (χ1) is 19.8. The summed E-state index contributed by atoms with van der Waals surface area (Å²) >= 11 is 0. The summed E-state index contributed by atoms with van der Waals surface area (Å²) in [7, 11) is 0. The Hall–Kier alpha value is -4.23. The molecule has 0 unspecified atom stereocenters. The van der Waals surface area contributed by atoms with E-state index in [1.807, 2.05) is 4.90 Å². The second kappa shape index (κ2) is 9.42. The molecule has 2 aromatic carbocycles. The van der Waals surface area contributed by atoms with Crippen molar-refractivity contribution in [3.05, 3.63) is 51.9 Å². The van der Waals surface area contributed by atoms with E-state index in [4.69, 9.17) is 19.1 Å². The van der Waals surface area contributed by atoms with Crippen molar-refractivity contribution in [2.45, 2.75) is 57.3 Å². The Bertz CT molecular complexity index is 1820. The summed E-state index contributed by atoms with van der Waals surface area (Å²) in [5.74, 6) is 0.658. The highest BCUT2D eigenvalue weighted by molar-refractivity contribution is 6.03. The molecule has 0 bridgehead atoms. The molecule has 41 heavy (non-hydrogen) atoms. The fourth-order valence-electron chi connectivity index (χ4n) is 6.91. The van der Waals surface area contributed by atoms with Crippen LogP contribution in [0.25, 0.3) is 33.0 Å². The minimum Gasteiger partial charge on any atom is -0.508 e. The SMILES string of the molecule is Cc1c(-c2cc(O)cc3cccc(C#N)c23)oc(=O)c2c(N3CC[C@H]3C)nc(OC[C@@]34CCCN3C[C@H](F)C4)nc12. The zero-order valence-electron chi connectivity index (χ0n) is 23.0. The van der Waals surface area contributed by atoms with Crippen LogP contribution in [-0.4, -0.2) is 64.0 Å². The molecule has 1 N–H and O–H groups in total. The maximum Gasteiger partial charge on any atom is 0.349 e. The van der Waals surface area contributed by atoms with Crippen LogP contribution in [0.2, 0.25) is 0 Å². The molecular formula is C31H30FN5O4. The lowest BCUT2D eigenvalue weighted by atomic mass is 9.95. The number of halogens is 1. The Morgan fingerprint density at radius 2 is 2.12 bits per heavy atom. The third kappa shape index (κ3) is 4.02. The highest BCUT2D eigenvalue weighted by Gasteiger charge is 2.49. The van der Waals surface area contributed by atoms with Gasteiger partial charge in [0.2, 0.25) is 0 Å². The van der Waals surface area contributed by atoms with Crippen LogP contribution in [0.1, 0.15) is 43.7 Å². The number of phenolic OH excluding ortho intramolecular Hbond substituents is 1. The van der Waals surface area contributed by atoms with E-state index in [1.165, 1.54) is 6.07 Å². The van der Waals surface area contributed by atoms with E-state index in [0.29, 0.717) is 51.8 Å². The number of anilines is 1. The van der Waals surface area contributed by atoms with Crippen molar-refractivity contribution in [3.63, 3.8) is 0 Å². The van der Waals surface area contributed by atoms with E-state index < -0.39 is 11.8 Å². The topological polar surface area (TPSA) is 116 Å². The molecule has 0 aliphatic carbocycles. The van der Waals surface area contributed by atoms with E-state index in [-0.39, 0.29) is 41.1 Å². The van der Waals surface area contributed by atoms with Gasteiger partial charge in [0, 0.05) is 42.1 Å². The number of aromatic hydroxyl groups is 1. The van der Waals surface area contributed by atoms with Crippen molar-refractivity contribution in [1.82, 2.24) is 14.9 Å². The summed E-state index contributed by atoms with van der Waals surface area (Å²) in [6, 6.07) is 10.8. The molecule has 4 aromatic rings. The fourth-order valence-corrected chi connectivity index (χ4v) is 6.91. The summed E-state index contributed by atoms with van der Waals surface area (Å²) in [6.07, 6.45) is 2.37. The number of aromatic nitrogens is 2. The number of nitriles is 1. The molecule has 3 saturated heterocycles. The number of ether oxygens (including phenoxy) is 1. The van der Waals surface area contributed by atoms with Gasteiger partial charge in [0.1, 0.15) is 29.7 Å². The van der Waals surface area contributed by atoms with Gasteiger partial charge in [0.15, 0.2) is 5.82 Å². The van der Waals surface area contributed by atoms with Gasteiger partial charge in [0.25, 0.3) is 0 Å². The number of hydrogen-bond acceptors (Lipinski definition) is 9. The molecule has 3 atom stereocenters. The number of rotatable bonds is 5. The normalized spacial score (nSPS) is 24.0. The first kappa shape index (κ1) is 25.7. The number of phenols is 1. The molecule has 0 spiro atoms. The van der Waals surface area contributed by atoms with Gasteiger partial charge in [-0.3, -0.25) is 4.90 Å². The molecule has 9 nitrogen and oxygen atoms in total. The zero-order chi connectivity index (χ0) is 28.5. The number of fused-ring (bicyclic) bond motifs is 3. The van der Waals surface area contributed by atoms with E-state index in [1.54, 1.807) is 31.2 Å². The standard InChI is InChI=1S/C31H30FN5O4/c1-17-7-10-37(17)28-25-26(34-30(35-28)40-16-31-8-4-9-36(31)15-21(32)13-31)18(2)27(41-29(25)39)23-12-22(38)11-19-5-3-6-20(14-33)24(19)23/h3,5-6,11-12,17,21,38H,4,7-10,13,15-16H2,1-2H3/t17-,21-,31+/m1/s1. The minimum absolute atomic E-state index is 0.0188. The number of nitrogens with zero attached hydrogens (tertiary/aromatic N) is 5. The highest BCUT2D eigenvalue weighted by atomic mass is 19.1. The summed E-state index contributed by atoms with van der Waals surface area (Å²) < 4.78 is 26.5. The van der Waals surface area contributed by atoms with Crippen LogP contribution < -0.4 is 15.3 Å². The summed E-state index contributed by atoms with van der Waals surface area (Å²) in [4.78, 5) is 27.3. The van der Waals surface area contributed by atoms with Gasteiger partial charge in [-0.25, -0.2) is 9.18 Å². The lowest BCUT2D eigenvalue weighted by Crippen LogP contribution is -2.47. The van der Waals surface area contributed by atoms with Crippen LogP contribution in [-0.2, 0) is 0 Å². The molecule has 3 fully saturated rings. The van der Waals surface area contributed by atoms with Crippen LogP contribution in [0, 0.1) is 18.3 Å². The van der Waals surface area contributed by atoms with Gasteiger partial charge in [-0.05, 0) is 63.2 Å². The molecule has 5 heterocycles. The third-order valence-electron chi connectivity index (χ3n) is 9.11. The van der Waals surface area contributed by atoms with Crippen LogP contribution in [0.4, 0.5) is 10.2 Å². The molecule has 0 amide bonds. The second-order valence-electron chi connectivity index (χ2n) is 11.6. The largest absolute Gasteiger partial charge is 0.508 e. The minimum atomic E-state index is -0.876. The Morgan fingerprint density at radius 3 is 2.88 bits per heavy atom. The van der Waals surface area contributed by atoms with E-state index in [2.05, 4.69) is 17.9 Å². The van der Waals surface area contributed by atoms with Gasteiger partial charge in [-0.1, -0.05) is 12.1 Å². The molecule has 2 aromatic heterocycles. The zero-order valence-corrected chi connectivity index (χ0v) is 23.0. The van der Waals surface area contributed by atoms with Crippen molar-refractivity contribution in [3.8, 4) is 29.2 Å². The average Bonchev–Trinajstić information content (AvgIpc) is 3.47. The second-order valence-corrected chi connectivity index (χ2v) is 11.6. The number of benzene rings is 2. The Labute approximate surface area is 235 Å². The Kier molecular flexibility index (Phi) is 5.91. The van der Waals surface area contributed by atoms with Crippen LogP contribution in [0.15, 0.2) is 39.5 Å². The monoisotopic (exact) mass is 555 g/mol. The Morgan fingerprint density at radius 1 is 1.27 bits per heavy atom. The van der Waals surface area contributed by atoms with E-state index in [9.17, 15) is 19.6 Å². The molecule has 0 radical (unpaired) electrons. The molecule has 210 valence electrons. The summed E-state index contributed by atoms with van der Waals surface area (Å²) in [6.45, 7) is 6.14. The fraction of sp³-hybridized carbons (Fsp3) is 0.419. The van der Waals surface area contributed by atoms with Gasteiger partial charge in [0.05, 0.1) is 22.7 Å². The van der Waals surface area contributed by atoms with Crippen molar-refractivity contribution >= 4 is 27.5 Å². The lowest BCUT2D eigenvalue weighted by molar-refractivity contribution is 0.107. The molecule has 3 aliphatic rings. The molecular weight excluding hydrogens is 525 g/mol. The summed E-state index contributed by atoms with van der Waals surface area (Å²) in [5, 5.41) is 21.8. The van der Waals surface area contributed by atoms with Gasteiger partial charge < -0.3 is 19.2 Å². The van der Waals surface area contributed by atoms with Crippen molar-refractivity contribution in [2.75, 3.05) is 31.1 Å². The molecule has 3 aliphatic heterocycles. The van der Waals surface area contributed by atoms with Crippen LogP contribution in [0.5, 0.6) is 11.8 Å². The lowest BCUT2D eigenvalue weighted by Gasteiger charge is -2.40. The molecule has 7 rings (SSSR count). The first-order valence-corrected chi connectivity index (χ1v) is 14.1. The van der Waals surface area contributed by atoms with Crippen LogP contribution in [0.3, 0.4) is 0 Å². The first-order valence-electron chi connectivity index (χ1n) is 14.1. The average molecular weight is 556 g/mol. The quantitative estimate of drug-likeness (QED) is 0.369. The third-order valence-corrected chi connectivity index (χ3v) is 9.11. The maximum atomic E-state index is 14.4. The number of alkyl halides is 1. The number of aryl methyl sites for hydroxylation is 1. The predicted molar refractivity (Wildman–Crippen MR) is 152 cm³/mol. The van der Waals surface area contributed by atoms with E-state index in [0.717, 1.165) is 32.4 Å². The van der Waals surface area contributed by atoms with E-state index >= 15 is 0 Å². The molecule has 0 saturated carbocycles. The molecule has 10 heteroatoms. The highest BCUT2D eigenvalue weighted by Crippen LogP contribution is 2.42. The van der Waals surface area contributed by atoms with Gasteiger partial charge >= 0.3 is 11.6 Å². The smallest absolute Gasteiger partial charge is 0.349 e. The van der Waals surface area contributed by atoms with Gasteiger partial charge in [-0.15, -0.1) is 0 Å². The van der Waals surface area contributed by atoms with Crippen molar-refractivity contribution in [2.24, 2.45) is 0 Å².